The maximum atomic E-state index is 9.62. The summed E-state index contributed by atoms with van der Waals surface area (Å²) in [5.74, 6) is 0.628. The van der Waals surface area contributed by atoms with Crippen molar-refractivity contribution in [3.8, 4) is 5.75 Å². The quantitative estimate of drug-likeness (QED) is 0.824. The van der Waals surface area contributed by atoms with Gasteiger partial charge in [0.1, 0.15) is 12.4 Å². The molecule has 0 fully saturated rings. The lowest BCUT2D eigenvalue weighted by molar-refractivity contribution is 0.0272. The molecule has 0 spiro atoms. The molecule has 1 atom stereocenters. The van der Waals surface area contributed by atoms with Gasteiger partial charge in [-0.3, -0.25) is 0 Å². The Morgan fingerprint density at radius 2 is 2.00 bits per heavy atom. The SMILES string of the molecule is Cc1ccc(OCC(C)(C)O)c([C@@H](C)O)c1. The van der Waals surface area contributed by atoms with Gasteiger partial charge in [0.15, 0.2) is 0 Å². The average molecular weight is 224 g/mol. The molecule has 0 saturated heterocycles. The topological polar surface area (TPSA) is 49.7 Å². The molecule has 0 radical (unpaired) electrons. The fourth-order valence-electron chi connectivity index (χ4n) is 1.38. The summed E-state index contributed by atoms with van der Waals surface area (Å²) in [5.41, 5.74) is 0.955. The zero-order valence-electron chi connectivity index (χ0n) is 10.3. The summed E-state index contributed by atoms with van der Waals surface area (Å²) < 4.78 is 5.51. The van der Waals surface area contributed by atoms with Crippen LogP contribution in [-0.2, 0) is 0 Å². The second kappa shape index (κ2) is 4.85. The summed E-state index contributed by atoms with van der Waals surface area (Å²) in [4.78, 5) is 0. The standard InChI is InChI=1S/C13H20O3/c1-9-5-6-12(11(7-9)10(2)14)16-8-13(3,4)15/h5-7,10,14-15H,8H2,1-4H3/t10-/m1/s1. The van der Waals surface area contributed by atoms with Crippen LogP contribution in [0.1, 0.15) is 38.0 Å². The lowest BCUT2D eigenvalue weighted by atomic mass is 10.1. The van der Waals surface area contributed by atoms with Gasteiger partial charge < -0.3 is 14.9 Å². The van der Waals surface area contributed by atoms with E-state index in [1.165, 1.54) is 0 Å². The maximum Gasteiger partial charge on any atom is 0.125 e. The van der Waals surface area contributed by atoms with Crippen LogP contribution >= 0.6 is 0 Å². The highest BCUT2D eigenvalue weighted by Gasteiger charge is 2.16. The predicted molar refractivity (Wildman–Crippen MR) is 63.6 cm³/mol. The molecule has 0 unspecified atom stereocenters. The summed E-state index contributed by atoms with van der Waals surface area (Å²) in [5, 5.41) is 19.2. The van der Waals surface area contributed by atoms with Crippen LogP contribution in [0.3, 0.4) is 0 Å². The van der Waals surface area contributed by atoms with E-state index < -0.39 is 11.7 Å². The van der Waals surface area contributed by atoms with Gasteiger partial charge in [0.25, 0.3) is 0 Å². The molecular weight excluding hydrogens is 204 g/mol. The van der Waals surface area contributed by atoms with Gasteiger partial charge in [-0.05, 0) is 39.8 Å². The van der Waals surface area contributed by atoms with Crippen LogP contribution < -0.4 is 4.74 Å². The Morgan fingerprint density at radius 3 is 2.50 bits per heavy atom. The highest BCUT2D eigenvalue weighted by atomic mass is 16.5. The Hall–Kier alpha value is -1.06. The number of ether oxygens (including phenoxy) is 1. The number of hydrogen-bond donors (Lipinski definition) is 2. The first kappa shape index (κ1) is 13.0. The highest BCUT2D eigenvalue weighted by Crippen LogP contribution is 2.26. The zero-order chi connectivity index (χ0) is 12.3. The van der Waals surface area contributed by atoms with E-state index in [0.717, 1.165) is 11.1 Å². The van der Waals surface area contributed by atoms with Gasteiger partial charge in [0.05, 0.1) is 11.7 Å². The first-order valence-electron chi connectivity index (χ1n) is 5.43. The molecule has 3 nitrogen and oxygen atoms in total. The molecule has 2 N–H and O–H groups in total. The van der Waals surface area contributed by atoms with E-state index >= 15 is 0 Å². The van der Waals surface area contributed by atoms with E-state index in [1.54, 1.807) is 20.8 Å². The molecule has 0 aliphatic heterocycles. The predicted octanol–water partition coefficient (Wildman–Crippen LogP) is 2.20. The van der Waals surface area contributed by atoms with E-state index in [-0.39, 0.29) is 6.61 Å². The van der Waals surface area contributed by atoms with Crippen molar-refractivity contribution in [3.05, 3.63) is 29.3 Å². The zero-order valence-corrected chi connectivity index (χ0v) is 10.3. The Labute approximate surface area is 96.7 Å². The van der Waals surface area contributed by atoms with Crippen molar-refractivity contribution >= 4 is 0 Å². The molecule has 1 rings (SSSR count). The fraction of sp³-hybridized carbons (Fsp3) is 0.538. The summed E-state index contributed by atoms with van der Waals surface area (Å²) in [7, 11) is 0. The molecule has 90 valence electrons. The first-order valence-corrected chi connectivity index (χ1v) is 5.43. The lowest BCUT2D eigenvalue weighted by Gasteiger charge is -2.20. The molecule has 0 amide bonds. The molecular formula is C13H20O3. The normalized spacial score (nSPS) is 13.6. The van der Waals surface area contributed by atoms with Gasteiger partial charge in [-0.2, -0.15) is 0 Å². The van der Waals surface area contributed by atoms with Crippen LogP contribution in [-0.4, -0.2) is 22.4 Å². The molecule has 1 aromatic rings. The van der Waals surface area contributed by atoms with Crippen molar-refractivity contribution in [2.24, 2.45) is 0 Å². The molecule has 16 heavy (non-hydrogen) atoms. The Bertz CT molecular complexity index is 351. The number of rotatable bonds is 4. The molecule has 1 aromatic carbocycles. The van der Waals surface area contributed by atoms with Gasteiger partial charge in [-0.25, -0.2) is 0 Å². The molecule has 0 aliphatic rings. The largest absolute Gasteiger partial charge is 0.490 e. The summed E-state index contributed by atoms with van der Waals surface area (Å²) in [6.07, 6.45) is -0.572. The molecule has 0 aliphatic carbocycles. The van der Waals surface area contributed by atoms with Gasteiger partial charge >= 0.3 is 0 Å². The highest BCUT2D eigenvalue weighted by molar-refractivity contribution is 5.38. The van der Waals surface area contributed by atoms with Crippen molar-refractivity contribution in [1.82, 2.24) is 0 Å². The van der Waals surface area contributed by atoms with Gasteiger partial charge in [-0.1, -0.05) is 11.6 Å². The number of aliphatic hydroxyl groups is 2. The lowest BCUT2D eigenvalue weighted by Crippen LogP contribution is -2.28. The molecule has 0 heterocycles. The summed E-state index contributed by atoms with van der Waals surface area (Å²) in [6.45, 7) is 7.24. The number of benzene rings is 1. The van der Waals surface area contributed by atoms with Gasteiger partial charge in [0, 0.05) is 5.56 Å². The van der Waals surface area contributed by atoms with Crippen LogP contribution in [0.25, 0.3) is 0 Å². The number of aliphatic hydroxyl groups excluding tert-OH is 1. The third kappa shape index (κ3) is 3.83. The van der Waals surface area contributed by atoms with E-state index in [0.29, 0.717) is 5.75 Å². The van der Waals surface area contributed by atoms with Crippen LogP contribution in [0.5, 0.6) is 5.75 Å². The smallest absolute Gasteiger partial charge is 0.125 e. The van der Waals surface area contributed by atoms with Crippen molar-refractivity contribution in [3.63, 3.8) is 0 Å². The van der Waals surface area contributed by atoms with Crippen LogP contribution in [0.4, 0.5) is 0 Å². The molecule has 0 saturated carbocycles. The van der Waals surface area contributed by atoms with Crippen molar-refractivity contribution < 1.29 is 14.9 Å². The fourth-order valence-corrected chi connectivity index (χ4v) is 1.38. The van der Waals surface area contributed by atoms with E-state index in [1.807, 2.05) is 25.1 Å². The van der Waals surface area contributed by atoms with Crippen molar-refractivity contribution in [1.29, 1.82) is 0 Å². The molecule has 0 aromatic heterocycles. The second-order valence-electron chi connectivity index (χ2n) is 4.82. The molecule has 0 bridgehead atoms. The Kier molecular flexibility index (Phi) is 3.94. The van der Waals surface area contributed by atoms with Gasteiger partial charge in [0.2, 0.25) is 0 Å². The average Bonchev–Trinajstić information content (AvgIpc) is 2.14. The second-order valence-corrected chi connectivity index (χ2v) is 4.82. The minimum absolute atomic E-state index is 0.204. The first-order chi connectivity index (χ1) is 7.29. The minimum atomic E-state index is -0.874. The Morgan fingerprint density at radius 1 is 1.38 bits per heavy atom. The number of hydrogen-bond acceptors (Lipinski definition) is 3. The van der Waals surface area contributed by atoms with E-state index in [9.17, 15) is 10.2 Å². The van der Waals surface area contributed by atoms with Crippen LogP contribution in [0, 0.1) is 6.92 Å². The van der Waals surface area contributed by atoms with Crippen molar-refractivity contribution in [2.45, 2.75) is 39.4 Å². The van der Waals surface area contributed by atoms with Gasteiger partial charge in [-0.15, -0.1) is 0 Å². The minimum Gasteiger partial charge on any atom is -0.490 e. The van der Waals surface area contributed by atoms with E-state index in [2.05, 4.69) is 0 Å². The maximum absolute atomic E-state index is 9.62. The monoisotopic (exact) mass is 224 g/mol. The van der Waals surface area contributed by atoms with Crippen LogP contribution in [0.2, 0.25) is 0 Å². The number of aryl methyl sites for hydroxylation is 1. The Balaban J connectivity index is 2.87. The van der Waals surface area contributed by atoms with Crippen LogP contribution in [0.15, 0.2) is 18.2 Å². The summed E-state index contributed by atoms with van der Waals surface area (Å²) in [6, 6.07) is 5.64. The molecule has 3 heteroatoms. The third-order valence-electron chi connectivity index (χ3n) is 2.20. The third-order valence-corrected chi connectivity index (χ3v) is 2.20. The van der Waals surface area contributed by atoms with Crippen molar-refractivity contribution in [2.75, 3.05) is 6.61 Å². The summed E-state index contributed by atoms with van der Waals surface area (Å²) >= 11 is 0. The van der Waals surface area contributed by atoms with E-state index in [4.69, 9.17) is 4.74 Å².